The first-order valence-electron chi connectivity index (χ1n) is 3.94. The van der Waals surface area contributed by atoms with E-state index in [4.69, 9.17) is 4.74 Å². The van der Waals surface area contributed by atoms with Crippen molar-refractivity contribution < 1.29 is 14.0 Å². The smallest absolute Gasteiger partial charge is 0.318 e. The van der Waals surface area contributed by atoms with E-state index in [1.807, 2.05) is 29.5 Å². The summed E-state index contributed by atoms with van der Waals surface area (Å²) in [6.07, 6.45) is 0. The predicted molar refractivity (Wildman–Crippen MR) is 57.3 cm³/mol. The van der Waals surface area contributed by atoms with E-state index in [9.17, 15) is 4.79 Å². The molecule has 0 aliphatic heterocycles. The number of alkyl halides is 1. The molecule has 0 aromatic rings. The predicted octanol–water partition coefficient (Wildman–Crippen LogP) is 1.06. The zero-order chi connectivity index (χ0) is 9.78. The van der Waals surface area contributed by atoms with Crippen molar-refractivity contribution in [2.45, 2.75) is 10.8 Å². The first-order valence-corrected chi connectivity index (χ1v) is 5.18. The van der Waals surface area contributed by atoms with Gasteiger partial charge in [0.25, 0.3) is 0 Å². The SMILES string of the molecule is CC(I)C(=O)OCC[N+](C)(C)C. The van der Waals surface area contributed by atoms with Crippen molar-refractivity contribution in [2.24, 2.45) is 0 Å². The van der Waals surface area contributed by atoms with Crippen LogP contribution in [0.25, 0.3) is 0 Å². The van der Waals surface area contributed by atoms with Crippen LogP contribution in [-0.2, 0) is 9.53 Å². The second-order valence-corrected chi connectivity index (χ2v) is 5.67. The van der Waals surface area contributed by atoms with Crippen LogP contribution in [0, 0.1) is 0 Å². The van der Waals surface area contributed by atoms with E-state index in [2.05, 4.69) is 21.1 Å². The van der Waals surface area contributed by atoms with Gasteiger partial charge in [0.05, 0.1) is 21.1 Å². The van der Waals surface area contributed by atoms with E-state index in [1.165, 1.54) is 0 Å². The third kappa shape index (κ3) is 6.84. The number of quaternary nitrogens is 1. The van der Waals surface area contributed by atoms with Crippen molar-refractivity contribution in [1.29, 1.82) is 0 Å². The molecule has 3 nitrogen and oxygen atoms in total. The van der Waals surface area contributed by atoms with E-state index in [0.29, 0.717) is 6.61 Å². The minimum atomic E-state index is -0.121. The number of nitrogens with zero attached hydrogens (tertiary/aromatic N) is 1. The zero-order valence-electron chi connectivity index (χ0n) is 8.13. The van der Waals surface area contributed by atoms with Gasteiger partial charge in [-0.1, -0.05) is 22.6 Å². The molecule has 0 saturated carbocycles. The Morgan fingerprint density at radius 1 is 1.50 bits per heavy atom. The molecule has 0 radical (unpaired) electrons. The van der Waals surface area contributed by atoms with Gasteiger partial charge in [0.2, 0.25) is 0 Å². The van der Waals surface area contributed by atoms with Gasteiger partial charge in [0.15, 0.2) is 0 Å². The number of ether oxygens (including phenoxy) is 1. The molecule has 1 atom stereocenters. The number of likely N-dealkylation sites (N-methyl/N-ethyl adjacent to an activating group) is 1. The second-order valence-electron chi connectivity index (χ2n) is 3.80. The van der Waals surface area contributed by atoms with Gasteiger partial charge in [-0.2, -0.15) is 0 Å². The Labute approximate surface area is 87.8 Å². The Bertz CT molecular complexity index is 152. The van der Waals surface area contributed by atoms with Crippen LogP contribution in [0.5, 0.6) is 0 Å². The molecule has 0 spiro atoms. The number of rotatable bonds is 4. The fourth-order valence-electron chi connectivity index (χ4n) is 0.535. The molecule has 0 N–H and O–H groups in total. The van der Waals surface area contributed by atoms with Gasteiger partial charge in [-0.25, -0.2) is 0 Å². The first kappa shape index (κ1) is 12.2. The normalized spacial score (nSPS) is 14.1. The lowest BCUT2D eigenvalue weighted by atomic mass is 10.5. The molecule has 0 amide bonds. The zero-order valence-corrected chi connectivity index (χ0v) is 10.3. The standard InChI is InChI=1S/C8H17INO2/c1-7(9)8(11)12-6-5-10(2,3)4/h7H,5-6H2,1-4H3/q+1. The lowest BCUT2D eigenvalue weighted by Crippen LogP contribution is -2.38. The number of hydrogen-bond donors (Lipinski definition) is 0. The Balaban J connectivity index is 3.51. The van der Waals surface area contributed by atoms with Gasteiger partial charge in [0.1, 0.15) is 17.1 Å². The lowest BCUT2D eigenvalue weighted by Gasteiger charge is -2.23. The molecule has 0 aliphatic rings. The van der Waals surface area contributed by atoms with Gasteiger partial charge in [-0.3, -0.25) is 4.79 Å². The summed E-state index contributed by atoms with van der Waals surface area (Å²) in [4.78, 5) is 11.0. The van der Waals surface area contributed by atoms with E-state index in [0.717, 1.165) is 11.0 Å². The molecule has 0 saturated heterocycles. The second kappa shape index (κ2) is 5.01. The molecule has 0 aromatic heterocycles. The van der Waals surface area contributed by atoms with E-state index < -0.39 is 0 Å². The number of carbonyl (C=O) groups is 1. The molecule has 0 aliphatic carbocycles. The van der Waals surface area contributed by atoms with Crippen LogP contribution >= 0.6 is 22.6 Å². The number of hydrogen-bond acceptors (Lipinski definition) is 2. The highest BCUT2D eigenvalue weighted by Gasteiger charge is 2.12. The fourth-order valence-corrected chi connectivity index (χ4v) is 0.715. The van der Waals surface area contributed by atoms with E-state index in [-0.39, 0.29) is 9.89 Å². The first-order chi connectivity index (χ1) is 5.33. The van der Waals surface area contributed by atoms with Crippen LogP contribution in [0.4, 0.5) is 0 Å². The fraction of sp³-hybridized carbons (Fsp3) is 0.875. The molecule has 4 heteroatoms. The van der Waals surface area contributed by atoms with Crippen molar-refractivity contribution in [3.05, 3.63) is 0 Å². The summed E-state index contributed by atoms with van der Waals surface area (Å²) in [5.41, 5.74) is 0. The summed E-state index contributed by atoms with van der Waals surface area (Å²) in [5, 5.41) is 0. The maximum atomic E-state index is 11.0. The van der Waals surface area contributed by atoms with Crippen molar-refractivity contribution in [2.75, 3.05) is 34.3 Å². The summed E-state index contributed by atoms with van der Waals surface area (Å²) in [6, 6.07) is 0. The molecule has 12 heavy (non-hydrogen) atoms. The van der Waals surface area contributed by atoms with E-state index >= 15 is 0 Å². The summed E-state index contributed by atoms with van der Waals surface area (Å²) in [5.74, 6) is -0.121. The van der Waals surface area contributed by atoms with Crippen LogP contribution in [0.1, 0.15) is 6.92 Å². The van der Waals surface area contributed by atoms with Gasteiger partial charge in [0, 0.05) is 0 Å². The van der Waals surface area contributed by atoms with Gasteiger partial charge in [-0.05, 0) is 6.92 Å². The minimum absolute atomic E-state index is 0.0462. The summed E-state index contributed by atoms with van der Waals surface area (Å²) < 4.78 is 5.79. The molecular weight excluding hydrogens is 269 g/mol. The van der Waals surface area contributed by atoms with Crippen LogP contribution in [-0.4, -0.2) is 48.7 Å². The molecule has 1 unspecified atom stereocenters. The summed E-state index contributed by atoms with van der Waals surface area (Å²) in [6.45, 7) is 3.19. The number of halogens is 1. The Kier molecular flexibility index (Phi) is 5.08. The molecule has 0 rings (SSSR count). The minimum Gasteiger partial charge on any atom is -0.459 e. The number of esters is 1. The van der Waals surface area contributed by atoms with Crippen molar-refractivity contribution in [3.63, 3.8) is 0 Å². The van der Waals surface area contributed by atoms with Crippen molar-refractivity contribution in [3.8, 4) is 0 Å². The molecule has 0 aromatic carbocycles. The summed E-state index contributed by atoms with van der Waals surface area (Å²) >= 11 is 2.05. The van der Waals surface area contributed by atoms with Crippen molar-refractivity contribution >= 4 is 28.6 Å². The van der Waals surface area contributed by atoms with Gasteiger partial charge < -0.3 is 9.22 Å². The Hall–Kier alpha value is 0.160. The topological polar surface area (TPSA) is 26.3 Å². The summed E-state index contributed by atoms with van der Waals surface area (Å²) in [7, 11) is 6.21. The molecular formula is C8H17INO2+. The van der Waals surface area contributed by atoms with Gasteiger partial charge >= 0.3 is 5.97 Å². The third-order valence-electron chi connectivity index (χ3n) is 1.33. The van der Waals surface area contributed by atoms with Crippen LogP contribution < -0.4 is 0 Å². The van der Waals surface area contributed by atoms with Crippen LogP contribution in [0.3, 0.4) is 0 Å². The van der Waals surface area contributed by atoms with Crippen LogP contribution in [0.2, 0.25) is 0 Å². The third-order valence-corrected chi connectivity index (χ3v) is 1.84. The largest absolute Gasteiger partial charge is 0.459 e. The highest BCUT2D eigenvalue weighted by molar-refractivity contribution is 14.1. The monoisotopic (exact) mass is 286 g/mol. The highest BCUT2D eigenvalue weighted by Crippen LogP contribution is 2.01. The molecule has 0 bridgehead atoms. The van der Waals surface area contributed by atoms with E-state index in [1.54, 1.807) is 0 Å². The van der Waals surface area contributed by atoms with Gasteiger partial charge in [-0.15, -0.1) is 0 Å². The van der Waals surface area contributed by atoms with Crippen LogP contribution in [0.15, 0.2) is 0 Å². The average Bonchev–Trinajstić information content (AvgIpc) is 1.84. The lowest BCUT2D eigenvalue weighted by molar-refractivity contribution is -0.870. The van der Waals surface area contributed by atoms with Crippen molar-refractivity contribution in [1.82, 2.24) is 0 Å². The number of carbonyl (C=O) groups excluding carboxylic acids is 1. The maximum Gasteiger partial charge on any atom is 0.318 e. The Morgan fingerprint density at radius 3 is 2.33 bits per heavy atom. The average molecular weight is 286 g/mol. The maximum absolute atomic E-state index is 11.0. The quantitative estimate of drug-likeness (QED) is 0.334. The Morgan fingerprint density at radius 2 is 2.00 bits per heavy atom. The molecule has 72 valence electrons. The molecule has 0 fully saturated rings. The molecule has 0 heterocycles. The highest BCUT2D eigenvalue weighted by atomic mass is 127.